The van der Waals surface area contributed by atoms with Crippen LogP contribution in [0.4, 0.5) is 20.6 Å². The summed E-state index contributed by atoms with van der Waals surface area (Å²) in [6.07, 6.45) is 3.23. The van der Waals surface area contributed by atoms with E-state index < -0.39 is 11.2 Å². The molecule has 3 heterocycles. The molecular formula is C20H17FN6O2. The Hall–Kier alpha value is -3.80. The van der Waals surface area contributed by atoms with Gasteiger partial charge in [-0.2, -0.15) is 0 Å². The fourth-order valence-corrected chi connectivity index (χ4v) is 3.40. The first-order chi connectivity index (χ1) is 13.9. The van der Waals surface area contributed by atoms with E-state index in [4.69, 9.17) is 11.1 Å². The first-order valence-electron chi connectivity index (χ1n) is 8.88. The van der Waals surface area contributed by atoms with Crippen molar-refractivity contribution in [3.8, 4) is 11.5 Å². The Labute approximate surface area is 166 Å². The first-order valence-corrected chi connectivity index (χ1v) is 8.88. The molecule has 0 unspecified atom stereocenters. The van der Waals surface area contributed by atoms with Gasteiger partial charge >= 0.3 is 6.03 Å². The number of anilines is 1. The van der Waals surface area contributed by atoms with Crippen molar-refractivity contribution in [3.05, 3.63) is 65.2 Å². The second-order valence-corrected chi connectivity index (χ2v) is 7.36. The number of amides is 2. The normalized spacial score (nSPS) is 14.8. The average Bonchev–Trinajstić information content (AvgIpc) is 3.15. The minimum absolute atomic E-state index is 0.147. The van der Waals surface area contributed by atoms with Crippen LogP contribution in [0.3, 0.4) is 0 Å². The summed E-state index contributed by atoms with van der Waals surface area (Å²) in [5, 5.41) is 6.87. The molecule has 0 saturated heterocycles. The number of hydrogen-bond acceptors (Lipinski definition) is 5. The number of carbonyl (C=O) groups excluding carboxylic acids is 1. The molecule has 9 heteroatoms. The fraction of sp³-hybridized carbons (Fsp3) is 0.250. The van der Waals surface area contributed by atoms with Crippen LogP contribution in [0.15, 0.2) is 41.2 Å². The lowest BCUT2D eigenvalue weighted by Gasteiger charge is -2.36. The summed E-state index contributed by atoms with van der Waals surface area (Å²) in [5.74, 6) is 0.496. The number of fused-ring (bicyclic) bond motifs is 1. The van der Waals surface area contributed by atoms with Crippen molar-refractivity contribution in [2.75, 3.05) is 11.9 Å². The van der Waals surface area contributed by atoms with Crippen LogP contribution >= 0.6 is 0 Å². The van der Waals surface area contributed by atoms with Gasteiger partial charge in [-0.25, -0.2) is 24.0 Å². The van der Waals surface area contributed by atoms with Crippen molar-refractivity contribution >= 4 is 17.4 Å². The average molecular weight is 392 g/mol. The van der Waals surface area contributed by atoms with Crippen LogP contribution in [-0.2, 0) is 12.0 Å². The van der Waals surface area contributed by atoms with Crippen LogP contribution < -0.4 is 5.32 Å². The number of hydrogen-bond donors (Lipinski definition) is 1. The largest absolute Gasteiger partial charge is 0.360 e. The lowest BCUT2D eigenvalue weighted by atomic mass is 9.83. The lowest BCUT2D eigenvalue weighted by Crippen LogP contribution is -2.46. The smallest absolute Gasteiger partial charge is 0.322 e. The quantitative estimate of drug-likeness (QED) is 0.662. The van der Waals surface area contributed by atoms with Gasteiger partial charge in [-0.05, 0) is 24.3 Å². The summed E-state index contributed by atoms with van der Waals surface area (Å²) in [6, 6.07) is 5.23. The van der Waals surface area contributed by atoms with E-state index in [1.165, 1.54) is 12.1 Å². The van der Waals surface area contributed by atoms with Gasteiger partial charge in [-0.3, -0.25) is 0 Å². The van der Waals surface area contributed by atoms with Gasteiger partial charge in [0.2, 0.25) is 5.69 Å². The van der Waals surface area contributed by atoms with Crippen molar-refractivity contribution in [1.29, 1.82) is 0 Å². The number of halogens is 1. The summed E-state index contributed by atoms with van der Waals surface area (Å²) in [4.78, 5) is 26.1. The third-order valence-corrected chi connectivity index (χ3v) is 4.72. The Morgan fingerprint density at radius 2 is 2.10 bits per heavy atom. The van der Waals surface area contributed by atoms with E-state index in [1.807, 2.05) is 13.8 Å². The van der Waals surface area contributed by atoms with E-state index in [0.717, 1.165) is 11.6 Å². The molecule has 0 fully saturated rings. The van der Waals surface area contributed by atoms with Crippen LogP contribution in [-0.4, -0.2) is 32.6 Å². The molecule has 0 spiro atoms. The SMILES string of the molecule is [C-]#[N+]c1cc(NC(=O)N2Cc3c(-c4ncccn4)noc3C(C)(C)C2)ccc1F. The molecule has 0 radical (unpaired) electrons. The molecule has 3 aromatic rings. The monoisotopic (exact) mass is 392 g/mol. The molecule has 29 heavy (non-hydrogen) atoms. The zero-order valence-electron chi connectivity index (χ0n) is 15.8. The number of nitrogens with one attached hydrogen (secondary N) is 1. The summed E-state index contributed by atoms with van der Waals surface area (Å²) >= 11 is 0. The van der Waals surface area contributed by atoms with Gasteiger partial charge in [0.1, 0.15) is 11.6 Å². The van der Waals surface area contributed by atoms with Crippen LogP contribution in [0.2, 0.25) is 0 Å². The number of carbonyl (C=O) groups is 1. The number of urea groups is 1. The number of benzene rings is 1. The van der Waals surface area contributed by atoms with Gasteiger partial charge in [-0.15, -0.1) is 0 Å². The van der Waals surface area contributed by atoms with Crippen molar-refractivity contribution in [2.24, 2.45) is 0 Å². The van der Waals surface area contributed by atoms with Gasteiger partial charge in [0, 0.05) is 35.6 Å². The van der Waals surface area contributed by atoms with E-state index in [2.05, 4.69) is 25.3 Å². The maximum atomic E-state index is 13.5. The molecule has 1 aliphatic rings. The summed E-state index contributed by atoms with van der Waals surface area (Å²) in [7, 11) is 0. The van der Waals surface area contributed by atoms with Crippen LogP contribution in [0.5, 0.6) is 0 Å². The Kier molecular flexibility index (Phi) is 4.47. The standard InChI is InChI=1S/C20H17FN6O2/c1-20(2)11-27(19(28)25-12-5-6-14(21)15(9-12)22-3)10-13-16(26-29-17(13)20)18-23-7-4-8-24-18/h4-9H,10-11H2,1-2H3,(H,25,28). The van der Waals surface area contributed by atoms with Crippen LogP contribution in [0.1, 0.15) is 25.2 Å². The second kappa shape index (κ2) is 6.98. The molecule has 146 valence electrons. The summed E-state index contributed by atoms with van der Waals surface area (Å²) in [5.41, 5.74) is 0.983. The maximum absolute atomic E-state index is 13.5. The Morgan fingerprint density at radius 3 is 2.83 bits per heavy atom. The van der Waals surface area contributed by atoms with E-state index in [9.17, 15) is 9.18 Å². The zero-order valence-corrected chi connectivity index (χ0v) is 15.8. The van der Waals surface area contributed by atoms with Crippen molar-refractivity contribution < 1.29 is 13.7 Å². The Balaban J connectivity index is 1.62. The maximum Gasteiger partial charge on any atom is 0.322 e. The molecule has 0 aliphatic carbocycles. The molecule has 1 aromatic carbocycles. The predicted molar refractivity (Wildman–Crippen MR) is 103 cm³/mol. The molecule has 0 saturated carbocycles. The van der Waals surface area contributed by atoms with Crippen molar-refractivity contribution in [3.63, 3.8) is 0 Å². The molecule has 2 amide bonds. The molecule has 0 bridgehead atoms. The molecule has 8 nitrogen and oxygen atoms in total. The summed E-state index contributed by atoms with van der Waals surface area (Å²) < 4.78 is 19.1. The highest BCUT2D eigenvalue weighted by atomic mass is 19.1. The molecule has 4 rings (SSSR count). The third kappa shape index (κ3) is 3.40. The highest BCUT2D eigenvalue weighted by Gasteiger charge is 2.40. The van der Waals surface area contributed by atoms with Gasteiger partial charge < -0.3 is 14.7 Å². The summed E-state index contributed by atoms with van der Waals surface area (Å²) in [6.45, 7) is 11.6. The third-order valence-electron chi connectivity index (χ3n) is 4.72. The Morgan fingerprint density at radius 1 is 1.34 bits per heavy atom. The van der Waals surface area contributed by atoms with Crippen molar-refractivity contribution in [2.45, 2.75) is 25.8 Å². The molecule has 1 aliphatic heterocycles. The molecule has 1 N–H and O–H groups in total. The topological polar surface area (TPSA) is 88.5 Å². The minimum Gasteiger partial charge on any atom is -0.360 e. The minimum atomic E-state index is -0.626. The molecular weight excluding hydrogens is 375 g/mol. The highest BCUT2D eigenvalue weighted by Crippen LogP contribution is 2.38. The van der Waals surface area contributed by atoms with Gasteiger partial charge in [-0.1, -0.05) is 19.0 Å². The van der Waals surface area contributed by atoms with E-state index >= 15 is 0 Å². The fourth-order valence-electron chi connectivity index (χ4n) is 3.40. The van der Waals surface area contributed by atoms with Crippen LogP contribution in [0, 0.1) is 12.4 Å². The molecule has 2 aromatic heterocycles. The van der Waals surface area contributed by atoms with Gasteiger partial charge in [0.05, 0.1) is 13.1 Å². The number of aromatic nitrogens is 3. The van der Waals surface area contributed by atoms with E-state index in [-0.39, 0.29) is 18.3 Å². The number of nitrogens with zero attached hydrogens (tertiary/aromatic N) is 5. The molecule has 0 atom stereocenters. The first kappa shape index (κ1) is 18.6. The highest BCUT2D eigenvalue weighted by molar-refractivity contribution is 5.90. The predicted octanol–water partition coefficient (Wildman–Crippen LogP) is 4.15. The number of rotatable bonds is 2. The second-order valence-electron chi connectivity index (χ2n) is 7.36. The van der Waals surface area contributed by atoms with E-state index in [0.29, 0.717) is 29.5 Å². The van der Waals surface area contributed by atoms with Crippen LogP contribution in [0.25, 0.3) is 16.4 Å². The van der Waals surface area contributed by atoms with E-state index in [1.54, 1.807) is 23.4 Å². The lowest BCUT2D eigenvalue weighted by molar-refractivity contribution is 0.172. The van der Waals surface area contributed by atoms with Crippen molar-refractivity contribution in [1.82, 2.24) is 20.0 Å². The zero-order chi connectivity index (χ0) is 20.6. The van der Waals surface area contributed by atoms with Gasteiger partial charge in [0.15, 0.2) is 11.5 Å². The van der Waals surface area contributed by atoms with Gasteiger partial charge in [0.25, 0.3) is 0 Å². The Bertz CT molecular complexity index is 1120.